The number of fused-ring (bicyclic) bond motifs is 1. The van der Waals surface area contributed by atoms with Crippen LogP contribution in [0, 0.1) is 0 Å². The van der Waals surface area contributed by atoms with E-state index in [1.807, 2.05) is 23.1 Å². The highest BCUT2D eigenvalue weighted by Crippen LogP contribution is 2.32. The van der Waals surface area contributed by atoms with Crippen molar-refractivity contribution in [3.05, 3.63) is 35.4 Å². The zero-order valence-electron chi connectivity index (χ0n) is 12.5. The lowest BCUT2D eigenvalue weighted by Gasteiger charge is -2.32. The second kappa shape index (κ2) is 6.16. The molecule has 21 heavy (non-hydrogen) atoms. The Bertz CT molecular complexity index is 515. The average Bonchev–Trinajstić information content (AvgIpc) is 2.93. The third-order valence-corrected chi connectivity index (χ3v) is 4.49. The Morgan fingerprint density at radius 3 is 3.10 bits per heavy atom. The van der Waals surface area contributed by atoms with Gasteiger partial charge in [-0.25, -0.2) is 0 Å². The molecule has 1 N–H and O–H groups in total. The van der Waals surface area contributed by atoms with E-state index >= 15 is 0 Å². The summed E-state index contributed by atoms with van der Waals surface area (Å²) in [6.45, 7) is 3.16. The molecule has 1 aromatic rings. The van der Waals surface area contributed by atoms with Gasteiger partial charge in [0.05, 0.1) is 12.7 Å². The largest absolute Gasteiger partial charge is 0.393 e. The Balaban J connectivity index is 1.79. The first-order valence-electron chi connectivity index (χ1n) is 7.85. The van der Waals surface area contributed by atoms with Crippen LogP contribution in [0.25, 0.3) is 0 Å². The lowest BCUT2D eigenvalue weighted by molar-refractivity contribution is -0.146. The van der Waals surface area contributed by atoms with Crippen molar-refractivity contribution in [2.45, 2.75) is 50.9 Å². The maximum Gasteiger partial charge on any atom is 0.256 e. The lowest BCUT2D eigenvalue weighted by Crippen LogP contribution is -2.42. The van der Waals surface area contributed by atoms with Gasteiger partial charge in [-0.15, -0.1) is 0 Å². The van der Waals surface area contributed by atoms with Crippen molar-refractivity contribution in [2.24, 2.45) is 0 Å². The summed E-state index contributed by atoms with van der Waals surface area (Å²) in [6.07, 6.45) is 2.67. The molecular weight excluding hydrogens is 266 g/mol. The van der Waals surface area contributed by atoms with Gasteiger partial charge in [-0.05, 0) is 43.7 Å². The SMILES string of the molecule is CC(O)CC1CCCN1C(=O)C1OCCc2ccccc21. The molecule has 0 aromatic heterocycles. The van der Waals surface area contributed by atoms with Crippen molar-refractivity contribution in [2.75, 3.05) is 13.2 Å². The van der Waals surface area contributed by atoms with Crippen LogP contribution < -0.4 is 0 Å². The first-order valence-corrected chi connectivity index (χ1v) is 7.85. The molecule has 0 saturated carbocycles. The van der Waals surface area contributed by atoms with Gasteiger partial charge >= 0.3 is 0 Å². The average molecular weight is 289 g/mol. The van der Waals surface area contributed by atoms with E-state index in [0.29, 0.717) is 13.0 Å². The summed E-state index contributed by atoms with van der Waals surface area (Å²) in [4.78, 5) is 14.8. The van der Waals surface area contributed by atoms with Crippen molar-refractivity contribution >= 4 is 5.91 Å². The molecule has 1 aromatic carbocycles. The summed E-state index contributed by atoms with van der Waals surface area (Å²) < 4.78 is 5.78. The standard InChI is InChI=1S/C17H23NO3/c1-12(19)11-14-6-4-9-18(14)17(20)16-15-7-3-2-5-13(15)8-10-21-16/h2-3,5,7,12,14,16,19H,4,6,8-11H2,1H3. The Kier molecular flexibility index (Phi) is 4.27. The summed E-state index contributed by atoms with van der Waals surface area (Å²) in [6, 6.07) is 8.20. The molecule has 0 aliphatic carbocycles. The number of rotatable bonds is 3. The molecule has 0 spiro atoms. The molecule has 1 amide bonds. The molecule has 1 fully saturated rings. The third kappa shape index (κ3) is 2.97. The number of nitrogens with zero attached hydrogens (tertiary/aromatic N) is 1. The minimum atomic E-state index is -0.468. The van der Waals surface area contributed by atoms with E-state index in [-0.39, 0.29) is 18.1 Å². The van der Waals surface area contributed by atoms with Crippen LogP contribution >= 0.6 is 0 Å². The fraction of sp³-hybridized carbons (Fsp3) is 0.588. The predicted octanol–water partition coefficient (Wildman–Crippen LogP) is 2.06. The molecule has 2 aliphatic heterocycles. The number of benzene rings is 1. The van der Waals surface area contributed by atoms with E-state index in [2.05, 4.69) is 6.07 Å². The van der Waals surface area contributed by atoms with E-state index in [1.165, 1.54) is 5.56 Å². The van der Waals surface area contributed by atoms with Gasteiger partial charge in [0.15, 0.2) is 6.10 Å². The zero-order valence-corrected chi connectivity index (χ0v) is 12.5. The van der Waals surface area contributed by atoms with E-state index in [9.17, 15) is 9.90 Å². The van der Waals surface area contributed by atoms with E-state index < -0.39 is 6.10 Å². The number of likely N-dealkylation sites (tertiary alicyclic amines) is 1. The molecule has 1 saturated heterocycles. The highest BCUT2D eigenvalue weighted by atomic mass is 16.5. The van der Waals surface area contributed by atoms with E-state index in [0.717, 1.165) is 31.4 Å². The Morgan fingerprint density at radius 1 is 1.48 bits per heavy atom. The molecule has 3 rings (SSSR count). The van der Waals surface area contributed by atoms with Crippen molar-refractivity contribution in [1.29, 1.82) is 0 Å². The minimum Gasteiger partial charge on any atom is -0.393 e. The van der Waals surface area contributed by atoms with E-state index in [4.69, 9.17) is 4.74 Å². The van der Waals surface area contributed by atoms with Crippen molar-refractivity contribution in [1.82, 2.24) is 4.90 Å². The first-order chi connectivity index (χ1) is 10.2. The Hall–Kier alpha value is -1.39. The summed E-state index contributed by atoms with van der Waals surface area (Å²) >= 11 is 0. The lowest BCUT2D eigenvalue weighted by atomic mass is 9.96. The molecule has 3 atom stereocenters. The highest BCUT2D eigenvalue weighted by molar-refractivity contribution is 5.83. The number of carbonyl (C=O) groups excluding carboxylic acids is 1. The molecule has 3 unspecified atom stereocenters. The van der Waals surface area contributed by atoms with Crippen LogP contribution in [-0.4, -0.2) is 41.2 Å². The highest BCUT2D eigenvalue weighted by Gasteiger charge is 2.36. The van der Waals surface area contributed by atoms with Gasteiger partial charge < -0.3 is 14.7 Å². The second-order valence-corrected chi connectivity index (χ2v) is 6.11. The number of aliphatic hydroxyl groups excluding tert-OH is 1. The van der Waals surface area contributed by atoms with Gasteiger partial charge in [-0.1, -0.05) is 24.3 Å². The normalized spacial score (nSPS) is 26.5. The van der Waals surface area contributed by atoms with Gasteiger partial charge in [0.1, 0.15) is 0 Å². The number of aliphatic hydroxyl groups is 1. The number of hydrogen-bond acceptors (Lipinski definition) is 3. The van der Waals surface area contributed by atoms with Gasteiger partial charge in [-0.2, -0.15) is 0 Å². The second-order valence-electron chi connectivity index (χ2n) is 6.11. The number of ether oxygens (including phenoxy) is 1. The molecule has 4 heteroatoms. The van der Waals surface area contributed by atoms with Gasteiger partial charge in [0.2, 0.25) is 0 Å². The smallest absolute Gasteiger partial charge is 0.256 e. The zero-order chi connectivity index (χ0) is 14.8. The minimum absolute atomic E-state index is 0.0605. The molecule has 0 radical (unpaired) electrons. The molecule has 2 aliphatic rings. The van der Waals surface area contributed by atoms with Crippen molar-refractivity contribution in [3.63, 3.8) is 0 Å². The number of hydrogen-bond donors (Lipinski definition) is 1. The van der Waals surface area contributed by atoms with Crippen molar-refractivity contribution < 1.29 is 14.6 Å². The predicted molar refractivity (Wildman–Crippen MR) is 79.9 cm³/mol. The van der Waals surface area contributed by atoms with Crippen LogP contribution in [0.5, 0.6) is 0 Å². The molecule has 4 nitrogen and oxygen atoms in total. The quantitative estimate of drug-likeness (QED) is 0.926. The molecule has 0 bridgehead atoms. The van der Waals surface area contributed by atoms with Gasteiger partial charge in [0, 0.05) is 12.6 Å². The summed E-state index contributed by atoms with van der Waals surface area (Å²) in [5.74, 6) is 0.0605. The van der Waals surface area contributed by atoms with Crippen LogP contribution in [-0.2, 0) is 16.0 Å². The summed E-state index contributed by atoms with van der Waals surface area (Å²) in [5, 5.41) is 9.61. The Morgan fingerprint density at radius 2 is 2.29 bits per heavy atom. The number of carbonyl (C=O) groups is 1. The monoisotopic (exact) mass is 289 g/mol. The summed E-state index contributed by atoms with van der Waals surface area (Å²) in [7, 11) is 0. The maximum absolute atomic E-state index is 12.9. The molecule has 114 valence electrons. The Labute approximate surface area is 125 Å². The summed E-state index contributed by atoms with van der Waals surface area (Å²) in [5.41, 5.74) is 2.23. The van der Waals surface area contributed by atoms with Crippen LogP contribution in [0.2, 0.25) is 0 Å². The molecule has 2 heterocycles. The fourth-order valence-corrected chi connectivity index (χ4v) is 3.51. The van der Waals surface area contributed by atoms with Crippen LogP contribution in [0.4, 0.5) is 0 Å². The maximum atomic E-state index is 12.9. The number of amides is 1. The van der Waals surface area contributed by atoms with Gasteiger partial charge in [-0.3, -0.25) is 4.79 Å². The third-order valence-electron chi connectivity index (χ3n) is 4.49. The van der Waals surface area contributed by atoms with Crippen LogP contribution in [0.15, 0.2) is 24.3 Å². The van der Waals surface area contributed by atoms with Crippen LogP contribution in [0.3, 0.4) is 0 Å². The van der Waals surface area contributed by atoms with E-state index in [1.54, 1.807) is 6.92 Å². The topological polar surface area (TPSA) is 49.8 Å². The van der Waals surface area contributed by atoms with Gasteiger partial charge in [0.25, 0.3) is 5.91 Å². The van der Waals surface area contributed by atoms with Crippen molar-refractivity contribution in [3.8, 4) is 0 Å². The fourth-order valence-electron chi connectivity index (χ4n) is 3.51. The molecular formula is C17H23NO3. The van der Waals surface area contributed by atoms with Crippen LogP contribution in [0.1, 0.15) is 43.4 Å². The first kappa shape index (κ1) is 14.5.